The van der Waals surface area contributed by atoms with Crippen LogP contribution in [0.25, 0.3) is 6.08 Å². The molecule has 1 aliphatic heterocycles. The quantitative estimate of drug-likeness (QED) is 0.123. The lowest BCUT2D eigenvalue weighted by Crippen LogP contribution is -2.06. The molecule has 0 aromatic heterocycles. The Morgan fingerprint density at radius 1 is 1.06 bits per heavy atom. The molecule has 0 spiro atoms. The van der Waals surface area contributed by atoms with Crippen molar-refractivity contribution < 1.29 is 19.2 Å². The molecule has 1 heterocycles. The minimum absolute atomic E-state index is 0.0193. The minimum atomic E-state index is -0.639. The van der Waals surface area contributed by atoms with E-state index in [-0.39, 0.29) is 17.3 Å². The molecular weight excluding hydrogens is 636 g/mol. The van der Waals surface area contributed by atoms with Gasteiger partial charge in [0, 0.05) is 27.2 Å². The van der Waals surface area contributed by atoms with Gasteiger partial charge in [0.05, 0.1) is 13.9 Å². The van der Waals surface area contributed by atoms with Crippen LogP contribution in [-0.4, -0.2) is 16.8 Å². The van der Waals surface area contributed by atoms with Crippen molar-refractivity contribution in [2.75, 3.05) is 0 Å². The number of hydrogen-bond acceptors (Lipinski definition) is 6. The number of aryl methyl sites for hydroxylation is 1. The maximum Gasteiger partial charge on any atom is 0.363 e. The van der Waals surface area contributed by atoms with Crippen LogP contribution >= 0.6 is 47.8 Å². The number of carbonyl (C=O) groups excluding carboxylic acids is 1. The van der Waals surface area contributed by atoms with Gasteiger partial charge in [-0.1, -0.05) is 40.2 Å². The first kappa shape index (κ1) is 24.3. The van der Waals surface area contributed by atoms with Crippen molar-refractivity contribution in [1.29, 1.82) is 0 Å². The monoisotopic (exact) mass is 648 g/mol. The molecule has 1 aliphatic rings. The van der Waals surface area contributed by atoms with Crippen molar-refractivity contribution in [2.45, 2.75) is 13.5 Å². The Kier molecular flexibility index (Phi) is 7.30. The van der Waals surface area contributed by atoms with Crippen LogP contribution in [0.2, 0.25) is 0 Å². The molecule has 0 aliphatic carbocycles. The van der Waals surface area contributed by atoms with E-state index in [0.717, 1.165) is 10.0 Å². The van der Waals surface area contributed by atoms with Gasteiger partial charge in [0.25, 0.3) is 5.69 Å². The molecule has 3 aromatic carbocycles. The third-order valence-electron chi connectivity index (χ3n) is 4.93. The summed E-state index contributed by atoms with van der Waals surface area (Å²) in [6, 6.07) is 15.9. The topological polar surface area (TPSA) is 91.0 Å². The third-order valence-corrected chi connectivity index (χ3v) is 6.88. The highest BCUT2D eigenvalue weighted by atomic mass is 79.9. The number of esters is 1. The van der Waals surface area contributed by atoms with Crippen molar-refractivity contribution in [2.24, 2.45) is 4.99 Å². The predicted molar refractivity (Wildman–Crippen MR) is 139 cm³/mol. The molecule has 0 atom stereocenters. The summed E-state index contributed by atoms with van der Waals surface area (Å²) in [6.45, 7) is 2.00. The lowest BCUT2D eigenvalue weighted by Gasteiger charge is -2.12. The standard InChI is InChI=1S/C24H15Br3N2O5/c1-13-6-7-15(11-21(13)29(31)32)23-28-20(24(30)34-23)10-14-8-18(26)22(19(27)9-14)33-12-16-4-2-3-5-17(16)25/h2-11H,12H2,1H3/b20-10-. The van der Waals surface area contributed by atoms with Crippen molar-refractivity contribution in [3.05, 3.63) is 106 Å². The molecule has 0 saturated heterocycles. The highest BCUT2D eigenvalue weighted by molar-refractivity contribution is 9.11. The predicted octanol–water partition coefficient (Wildman–Crippen LogP) is 7.11. The van der Waals surface area contributed by atoms with E-state index >= 15 is 0 Å². The van der Waals surface area contributed by atoms with Crippen LogP contribution in [0.1, 0.15) is 22.3 Å². The Morgan fingerprint density at radius 3 is 2.44 bits per heavy atom. The Labute approximate surface area is 220 Å². The van der Waals surface area contributed by atoms with E-state index in [1.807, 2.05) is 24.3 Å². The molecule has 0 fully saturated rings. The number of nitro benzene ring substituents is 1. The summed E-state index contributed by atoms with van der Waals surface area (Å²) < 4.78 is 13.6. The van der Waals surface area contributed by atoms with Gasteiger partial charge in [-0.2, -0.15) is 0 Å². The second-order valence-corrected chi connectivity index (χ2v) is 9.85. The molecule has 34 heavy (non-hydrogen) atoms. The lowest BCUT2D eigenvalue weighted by molar-refractivity contribution is -0.385. The van der Waals surface area contributed by atoms with Crippen LogP contribution in [0.15, 0.2) is 78.7 Å². The fourth-order valence-corrected chi connectivity index (χ4v) is 5.05. The fourth-order valence-electron chi connectivity index (χ4n) is 3.20. The van der Waals surface area contributed by atoms with E-state index in [2.05, 4.69) is 52.8 Å². The van der Waals surface area contributed by atoms with E-state index in [9.17, 15) is 14.9 Å². The molecule has 0 radical (unpaired) electrons. The molecule has 0 unspecified atom stereocenters. The highest BCUT2D eigenvalue weighted by Gasteiger charge is 2.26. The van der Waals surface area contributed by atoms with Crippen LogP contribution in [0.5, 0.6) is 5.75 Å². The summed E-state index contributed by atoms with van der Waals surface area (Å²) >= 11 is 10.5. The van der Waals surface area contributed by atoms with E-state index in [4.69, 9.17) is 9.47 Å². The second-order valence-electron chi connectivity index (χ2n) is 7.29. The average Bonchev–Trinajstić information content (AvgIpc) is 3.14. The van der Waals surface area contributed by atoms with Gasteiger partial charge >= 0.3 is 5.97 Å². The summed E-state index contributed by atoms with van der Waals surface area (Å²) in [6.07, 6.45) is 1.57. The van der Waals surface area contributed by atoms with Crippen LogP contribution in [-0.2, 0) is 16.1 Å². The summed E-state index contributed by atoms with van der Waals surface area (Å²) in [7, 11) is 0. The number of nitrogens with zero attached hydrogens (tertiary/aromatic N) is 2. The van der Waals surface area contributed by atoms with Gasteiger partial charge in [0.2, 0.25) is 5.90 Å². The molecule has 7 nitrogen and oxygen atoms in total. The van der Waals surface area contributed by atoms with Gasteiger partial charge in [-0.3, -0.25) is 10.1 Å². The Balaban J connectivity index is 1.58. The van der Waals surface area contributed by atoms with Gasteiger partial charge < -0.3 is 9.47 Å². The first-order valence-corrected chi connectivity index (χ1v) is 12.2. The van der Waals surface area contributed by atoms with Gasteiger partial charge in [0.15, 0.2) is 5.70 Å². The van der Waals surface area contributed by atoms with Crippen LogP contribution < -0.4 is 4.74 Å². The number of benzene rings is 3. The molecule has 0 saturated carbocycles. The smallest absolute Gasteiger partial charge is 0.363 e. The maximum absolute atomic E-state index is 12.4. The largest absolute Gasteiger partial charge is 0.486 e. The van der Waals surface area contributed by atoms with Gasteiger partial charge in [-0.25, -0.2) is 9.79 Å². The number of cyclic esters (lactones) is 1. The van der Waals surface area contributed by atoms with E-state index in [1.165, 1.54) is 6.07 Å². The summed E-state index contributed by atoms with van der Waals surface area (Å²) in [5.41, 5.74) is 2.55. The fraction of sp³-hybridized carbons (Fsp3) is 0.0833. The molecular formula is C24H15Br3N2O5. The third kappa shape index (κ3) is 5.29. The van der Waals surface area contributed by atoms with Crippen LogP contribution in [0, 0.1) is 17.0 Å². The Hall–Kier alpha value is -2.82. The second kappa shape index (κ2) is 10.2. The van der Waals surface area contributed by atoms with Crippen molar-refractivity contribution in [1.82, 2.24) is 0 Å². The first-order valence-electron chi connectivity index (χ1n) is 9.86. The summed E-state index contributed by atoms with van der Waals surface area (Å²) in [5, 5.41) is 11.2. The minimum Gasteiger partial charge on any atom is -0.486 e. The van der Waals surface area contributed by atoms with E-state index in [0.29, 0.717) is 38.0 Å². The number of halogens is 3. The highest BCUT2D eigenvalue weighted by Crippen LogP contribution is 2.36. The van der Waals surface area contributed by atoms with Crippen molar-refractivity contribution in [3.63, 3.8) is 0 Å². The van der Waals surface area contributed by atoms with Gasteiger partial charge in [0.1, 0.15) is 12.4 Å². The zero-order valence-corrected chi connectivity index (χ0v) is 22.3. The average molecular weight is 651 g/mol. The molecule has 4 rings (SSSR count). The Bertz CT molecular complexity index is 1360. The van der Waals surface area contributed by atoms with Crippen LogP contribution in [0.3, 0.4) is 0 Å². The van der Waals surface area contributed by atoms with Crippen LogP contribution in [0.4, 0.5) is 5.69 Å². The molecule has 3 aromatic rings. The number of rotatable bonds is 6. The van der Waals surface area contributed by atoms with E-state index in [1.54, 1.807) is 37.3 Å². The number of nitro groups is 1. The maximum atomic E-state index is 12.4. The zero-order chi connectivity index (χ0) is 24.4. The van der Waals surface area contributed by atoms with E-state index < -0.39 is 10.9 Å². The summed E-state index contributed by atoms with van der Waals surface area (Å²) in [5.74, 6) is -0.00587. The van der Waals surface area contributed by atoms with Gasteiger partial charge in [-0.05, 0) is 74.7 Å². The van der Waals surface area contributed by atoms with Crippen molar-refractivity contribution in [3.8, 4) is 5.75 Å². The molecule has 0 N–H and O–H groups in total. The van der Waals surface area contributed by atoms with Gasteiger partial charge in [-0.15, -0.1) is 0 Å². The first-order chi connectivity index (χ1) is 16.2. The summed E-state index contributed by atoms with van der Waals surface area (Å²) in [4.78, 5) is 27.4. The molecule has 172 valence electrons. The number of carbonyl (C=O) groups is 1. The Morgan fingerprint density at radius 2 is 1.76 bits per heavy atom. The number of ether oxygens (including phenoxy) is 2. The zero-order valence-electron chi connectivity index (χ0n) is 17.6. The SMILES string of the molecule is Cc1ccc(C2=N/C(=C\c3cc(Br)c(OCc4ccccc4Br)c(Br)c3)C(=O)O2)cc1[N+](=O)[O-]. The normalized spacial score (nSPS) is 14.2. The lowest BCUT2D eigenvalue weighted by atomic mass is 10.1. The number of aliphatic imine (C=N–C) groups is 1. The van der Waals surface area contributed by atoms with Crippen molar-refractivity contribution >= 4 is 71.4 Å². The molecule has 0 amide bonds. The number of hydrogen-bond donors (Lipinski definition) is 0. The molecule has 10 heteroatoms. The molecule has 0 bridgehead atoms.